The Bertz CT molecular complexity index is 633. The zero-order valence-electron chi connectivity index (χ0n) is 10.3. The van der Waals surface area contributed by atoms with Gasteiger partial charge in [-0.1, -0.05) is 18.2 Å². The fourth-order valence-corrected chi connectivity index (χ4v) is 2.29. The van der Waals surface area contributed by atoms with E-state index in [-0.39, 0.29) is 6.04 Å². The van der Waals surface area contributed by atoms with E-state index in [1.165, 1.54) is 0 Å². The number of rotatable bonds is 2. The lowest BCUT2D eigenvalue weighted by molar-refractivity contribution is 0.274. The van der Waals surface area contributed by atoms with Gasteiger partial charge >= 0.3 is 0 Å². The summed E-state index contributed by atoms with van der Waals surface area (Å²) in [5.74, 6) is 0.911. The molecule has 19 heavy (non-hydrogen) atoms. The van der Waals surface area contributed by atoms with Crippen LogP contribution < -0.4 is 10.1 Å². The van der Waals surface area contributed by atoms with Crippen molar-refractivity contribution in [1.82, 2.24) is 4.98 Å². The van der Waals surface area contributed by atoms with E-state index in [4.69, 9.17) is 10.00 Å². The Balaban J connectivity index is 1.91. The van der Waals surface area contributed by atoms with Crippen molar-refractivity contribution in [2.75, 3.05) is 11.9 Å². The van der Waals surface area contributed by atoms with Crippen LogP contribution in [0.2, 0.25) is 0 Å². The first-order chi connectivity index (χ1) is 9.38. The number of benzene rings is 1. The fourth-order valence-electron chi connectivity index (χ4n) is 2.29. The molecule has 0 amide bonds. The van der Waals surface area contributed by atoms with Crippen molar-refractivity contribution < 1.29 is 4.74 Å². The summed E-state index contributed by atoms with van der Waals surface area (Å²) in [5, 5.41) is 12.5. The van der Waals surface area contributed by atoms with Gasteiger partial charge < -0.3 is 10.1 Å². The topological polar surface area (TPSA) is 57.9 Å². The Labute approximate surface area is 111 Å². The zero-order chi connectivity index (χ0) is 13.1. The molecule has 4 heteroatoms. The molecular weight excluding hydrogens is 238 g/mol. The molecule has 1 atom stereocenters. The Hall–Kier alpha value is -2.54. The highest BCUT2D eigenvalue weighted by atomic mass is 16.5. The number of para-hydroxylation sites is 1. The van der Waals surface area contributed by atoms with Crippen molar-refractivity contribution in [3.63, 3.8) is 0 Å². The highest BCUT2D eigenvalue weighted by Gasteiger charge is 2.21. The summed E-state index contributed by atoms with van der Waals surface area (Å²) in [7, 11) is 0. The number of pyridine rings is 1. The minimum Gasteiger partial charge on any atom is -0.493 e. The van der Waals surface area contributed by atoms with Crippen LogP contribution in [0.15, 0.2) is 42.7 Å². The summed E-state index contributed by atoms with van der Waals surface area (Å²) in [4.78, 5) is 4.07. The van der Waals surface area contributed by atoms with Gasteiger partial charge in [0, 0.05) is 18.2 Å². The van der Waals surface area contributed by atoms with E-state index in [9.17, 15) is 0 Å². The molecule has 0 radical (unpaired) electrons. The van der Waals surface area contributed by atoms with Crippen LogP contribution in [0.3, 0.4) is 0 Å². The maximum Gasteiger partial charge on any atom is 0.124 e. The molecule has 0 saturated carbocycles. The molecule has 1 unspecified atom stereocenters. The third kappa shape index (κ3) is 2.23. The predicted octanol–water partition coefficient (Wildman–Crippen LogP) is 2.89. The maximum atomic E-state index is 9.10. The van der Waals surface area contributed by atoms with E-state index in [1.54, 1.807) is 18.5 Å². The Morgan fingerprint density at radius 1 is 1.32 bits per heavy atom. The van der Waals surface area contributed by atoms with Crippen LogP contribution in [0.1, 0.15) is 23.6 Å². The second-order valence-corrected chi connectivity index (χ2v) is 4.40. The molecule has 94 valence electrons. The monoisotopic (exact) mass is 251 g/mol. The van der Waals surface area contributed by atoms with Gasteiger partial charge in [-0.05, 0) is 12.1 Å². The van der Waals surface area contributed by atoms with Gasteiger partial charge in [0.1, 0.15) is 11.8 Å². The molecule has 4 nitrogen and oxygen atoms in total. The molecule has 0 saturated heterocycles. The van der Waals surface area contributed by atoms with Crippen molar-refractivity contribution in [3.05, 3.63) is 53.9 Å². The molecule has 1 aromatic heterocycles. The molecule has 0 fully saturated rings. The van der Waals surface area contributed by atoms with E-state index in [1.807, 2.05) is 18.2 Å². The number of nitrogens with one attached hydrogen (secondary N) is 1. The number of nitrogens with zero attached hydrogens (tertiary/aromatic N) is 2. The van der Waals surface area contributed by atoms with Crippen molar-refractivity contribution in [3.8, 4) is 11.8 Å². The molecule has 1 N–H and O–H groups in total. The smallest absolute Gasteiger partial charge is 0.124 e. The number of hydrogen-bond acceptors (Lipinski definition) is 4. The Morgan fingerprint density at radius 2 is 2.21 bits per heavy atom. The second kappa shape index (κ2) is 4.99. The van der Waals surface area contributed by atoms with Crippen LogP contribution in [-0.4, -0.2) is 11.6 Å². The zero-order valence-corrected chi connectivity index (χ0v) is 10.3. The molecular formula is C15H13N3O. The van der Waals surface area contributed by atoms with Gasteiger partial charge in [0.2, 0.25) is 0 Å². The molecule has 1 aromatic carbocycles. The number of nitriles is 1. The molecule has 2 heterocycles. The Morgan fingerprint density at radius 3 is 3.11 bits per heavy atom. The standard InChI is InChI=1S/C15H13N3O/c16-9-11-5-7-17-10-14(11)18-13-6-8-19-15-4-2-1-3-12(13)15/h1-5,7,10,13,18H,6,8H2. The summed E-state index contributed by atoms with van der Waals surface area (Å²) in [6.45, 7) is 0.677. The fraction of sp³-hybridized carbons (Fsp3) is 0.200. The first-order valence-electron chi connectivity index (χ1n) is 6.21. The lowest BCUT2D eigenvalue weighted by Gasteiger charge is -2.27. The minimum atomic E-state index is 0.154. The first kappa shape index (κ1) is 11.5. The third-order valence-electron chi connectivity index (χ3n) is 3.23. The quantitative estimate of drug-likeness (QED) is 0.891. The molecule has 1 aliphatic rings. The number of fused-ring (bicyclic) bond motifs is 1. The van der Waals surface area contributed by atoms with E-state index in [0.717, 1.165) is 23.4 Å². The molecule has 2 aromatic rings. The summed E-state index contributed by atoms with van der Waals surface area (Å²) < 4.78 is 5.63. The highest BCUT2D eigenvalue weighted by Crippen LogP contribution is 2.34. The summed E-state index contributed by atoms with van der Waals surface area (Å²) >= 11 is 0. The molecule has 0 bridgehead atoms. The number of ether oxygens (including phenoxy) is 1. The van der Waals surface area contributed by atoms with E-state index in [2.05, 4.69) is 22.4 Å². The average Bonchev–Trinajstić information content (AvgIpc) is 2.48. The van der Waals surface area contributed by atoms with Crippen LogP contribution >= 0.6 is 0 Å². The normalized spacial score (nSPS) is 16.9. The molecule has 1 aliphatic heterocycles. The molecule has 0 spiro atoms. The van der Waals surface area contributed by atoms with Crippen LogP contribution in [0.5, 0.6) is 5.75 Å². The van der Waals surface area contributed by atoms with E-state index in [0.29, 0.717) is 12.2 Å². The first-order valence-corrected chi connectivity index (χ1v) is 6.21. The van der Waals surface area contributed by atoms with Gasteiger partial charge in [-0.15, -0.1) is 0 Å². The lowest BCUT2D eigenvalue weighted by Crippen LogP contribution is -2.20. The van der Waals surface area contributed by atoms with Crippen LogP contribution in [-0.2, 0) is 0 Å². The third-order valence-corrected chi connectivity index (χ3v) is 3.23. The summed E-state index contributed by atoms with van der Waals surface area (Å²) in [6, 6.07) is 12.0. The highest BCUT2D eigenvalue weighted by molar-refractivity contribution is 5.57. The van der Waals surface area contributed by atoms with Gasteiger partial charge in [-0.3, -0.25) is 4.98 Å². The van der Waals surface area contributed by atoms with Crippen molar-refractivity contribution >= 4 is 5.69 Å². The number of hydrogen-bond donors (Lipinski definition) is 1. The average molecular weight is 251 g/mol. The van der Waals surface area contributed by atoms with Crippen molar-refractivity contribution in [1.29, 1.82) is 5.26 Å². The van der Waals surface area contributed by atoms with Gasteiger partial charge in [0.15, 0.2) is 0 Å². The minimum absolute atomic E-state index is 0.154. The van der Waals surface area contributed by atoms with Crippen molar-refractivity contribution in [2.45, 2.75) is 12.5 Å². The Kier molecular flexibility index (Phi) is 3.03. The summed E-state index contributed by atoms with van der Waals surface area (Å²) in [6.07, 6.45) is 4.19. The number of anilines is 1. The summed E-state index contributed by atoms with van der Waals surface area (Å²) in [5.41, 5.74) is 2.51. The number of aromatic nitrogens is 1. The van der Waals surface area contributed by atoms with E-state index >= 15 is 0 Å². The molecule has 0 aliphatic carbocycles. The van der Waals surface area contributed by atoms with Gasteiger partial charge in [-0.25, -0.2) is 0 Å². The van der Waals surface area contributed by atoms with Gasteiger partial charge in [-0.2, -0.15) is 5.26 Å². The maximum absolute atomic E-state index is 9.10. The largest absolute Gasteiger partial charge is 0.493 e. The SMILES string of the molecule is N#Cc1ccncc1NC1CCOc2ccccc21. The lowest BCUT2D eigenvalue weighted by atomic mass is 10.00. The molecule has 3 rings (SSSR count). The van der Waals surface area contributed by atoms with Crippen LogP contribution in [0, 0.1) is 11.3 Å². The van der Waals surface area contributed by atoms with Crippen LogP contribution in [0.4, 0.5) is 5.69 Å². The van der Waals surface area contributed by atoms with E-state index < -0.39 is 0 Å². The predicted molar refractivity (Wildman–Crippen MR) is 71.9 cm³/mol. The second-order valence-electron chi connectivity index (χ2n) is 4.40. The van der Waals surface area contributed by atoms with Gasteiger partial charge in [0.25, 0.3) is 0 Å². The van der Waals surface area contributed by atoms with Gasteiger partial charge in [0.05, 0.1) is 30.1 Å². The van der Waals surface area contributed by atoms with Crippen molar-refractivity contribution in [2.24, 2.45) is 0 Å². The van der Waals surface area contributed by atoms with Crippen LogP contribution in [0.25, 0.3) is 0 Å².